The van der Waals surface area contributed by atoms with Gasteiger partial charge in [-0.2, -0.15) is 0 Å². The van der Waals surface area contributed by atoms with Crippen molar-refractivity contribution in [2.45, 2.75) is 13.5 Å². The van der Waals surface area contributed by atoms with Crippen LogP contribution in [0.5, 0.6) is 0 Å². The van der Waals surface area contributed by atoms with Gasteiger partial charge in [0.25, 0.3) is 11.8 Å². The minimum absolute atomic E-state index is 0.174. The van der Waals surface area contributed by atoms with Crippen molar-refractivity contribution in [2.75, 3.05) is 11.1 Å². The Bertz CT molecular complexity index is 1290. The van der Waals surface area contributed by atoms with Crippen molar-refractivity contribution in [3.8, 4) is 11.1 Å². The zero-order valence-electron chi connectivity index (χ0n) is 18.1. The minimum Gasteiger partial charge on any atom is -0.397 e. The van der Waals surface area contributed by atoms with Crippen LogP contribution in [0.3, 0.4) is 0 Å². The third-order valence-electron chi connectivity index (χ3n) is 5.33. The lowest BCUT2D eigenvalue weighted by Gasteiger charge is -2.12. The Morgan fingerprint density at radius 2 is 1.61 bits per heavy atom. The maximum atomic E-state index is 12.8. The van der Waals surface area contributed by atoms with Gasteiger partial charge in [0.1, 0.15) is 6.33 Å². The predicted octanol–water partition coefficient (Wildman–Crippen LogP) is 4.22. The Morgan fingerprint density at radius 3 is 2.33 bits per heavy atom. The number of amides is 2. The first-order chi connectivity index (χ1) is 16.0. The van der Waals surface area contributed by atoms with E-state index in [0.29, 0.717) is 29.0 Å². The topological polar surface area (TPSA) is 110 Å². The molecule has 164 valence electrons. The molecule has 4 N–H and O–H groups in total. The smallest absolute Gasteiger partial charge is 0.255 e. The predicted molar refractivity (Wildman–Crippen MR) is 129 cm³/mol. The van der Waals surface area contributed by atoms with E-state index in [-0.39, 0.29) is 11.8 Å². The molecule has 4 rings (SSSR count). The molecule has 0 radical (unpaired) electrons. The maximum absolute atomic E-state index is 12.8. The minimum atomic E-state index is -0.249. The highest BCUT2D eigenvalue weighted by Crippen LogP contribution is 2.24. The van der Waals surface area contributed by atoms with E-state index in [1.54, 1.807) is 42.7 Å². The molecule has 0 spiro atoms. The average Bonchev–Trinajstić information content (AvgIpc) is 2.85. The summed E-state index contributed by atoms with van der Waals surface area (Å²) in [6, 6.07) is 19.7. The molecule has 33 heavy (non-hydrogen) atoms. The van der Waals surface area contributed by atoms with E-state index in [1.807, 2.05) is 43.3 Å². The molecule has 0 aliphatic rings. The van der Waals surface area contributed by atoms with Gasteiger partial charge >= 0.3 is 0 Å². The molecule has 0 saturated heterocycles. The summed E-state index contributed by atoms with van der Waals surface area (Å²) < 4.78 is 0. The molecule has 0 aliphatic heterocycles. The molecular formula is C26H23N5O2. The SMILES string of the molecule is Cc1c(C(=O)NCc2ccc(C(=O)Nc3ccccc3N)cc2)cccc1-c1cncnc1. The highest BCUT2D eigenvalue weighted by molar-refractivity contribution is 6.05. The van der Waals surface area contributed by atoms with Crippen molar-refractivity contribution in [3.63, 3.8) is 0 Å². The number of carbonyl (C=O) groups is 2. The van der Waals surface area contributed by atoms with Crippen LogP contribution in [0.4, 0.5) is 11.4 Å². The van der Waals surface area contributed by atoms with Gasteiger partial charge < -0.3 is 16.4 Å². The van der Waals surface area contributed by atoms with Gasteiger partial charge in [0.15, 0.2) is 0 Å². The molecule has 2 amide bonds. The average molecular weight is 438 g/mol. The Hall–Kier alpha value is -4.52. The molecule has 0 fully saturated rings. The van der Waals surface area contributed by atoms with Gasteiger partial charge in [-0.15, -0.1) is 0 Å². The molecule has 0 unspecified atom stereocenters. The van der Waals surface area contributed by atoms with Crippen molar-refractivity contribution >= 4 is 23.2 Å². The fraction of sp³-hybridized carbons (Fsp3) is 0.0769. The van der Waals surface area contributed by atoms with Gasteiger partial charge in [0, 0.05) is 35.6 Å². The normalized spacial score (nSPS) is 10.5. The Labute approximate surface area is 191 Å². The van der Waals surface area contributed by atoms with Gasteiger partial charge in [-0.3, -0.25) is 9.59 Å². The molecule has 1 heterocycles. The number of aromatic nitrogens is 2. The Kier molecular flexibility index (Phi) is 6.40. The number of nitrogens with two attached hydrogens (primary N) is 1. The van der Waals surface area contributed by atoms with E-state index >= 15 is 0 Å². The third-order valence-corrected chi connectivity index (χ3v) is 5.33. The number of carbonyl (C=O) groups excluding carboxylic acids is 2. The quantitative estimate of drug-likeness (QED) is 0.391. The van der Waals surface area contributed by atoms with Gasteiger partial charge in [0.05, 0.1) is 11.4 Å². The Morgan fingerprint density at radius 1 is 0.879 bits per heavy atom. The van der Waals surface area contributed by atoms with E-state index < -0.39 is 0 Å². The van der Waals surface area contributed by atoms with Crippen LogP contribution in [0.1, 0.15) is 31.8 Å². The number of hydrogen-bond donors (Lipinski definition) is 3. The van der Waals surface area contributed by atoms with Crippen LogP contribution in [0.2, 0.25) is 0 Å². The molecule has 0 saturated carbocycles. The van der Waals surface area contributed by atoms with E-state index in [1.165, 1.54) is 6.33 Å². The van der Waals surface area contributed by atoms with Crippen molar-refractivity contribution in [1.29, 1.82) is 0 Å². The lowest BCUT2D eigenvalue weighted by Crippen LogP contribution is -2.23. The van der Waals surface area contributed by atoms with E-state index in [0.717, 1.165) is 22.3 Å². The molecule has 4 aromatic rings. The molecule has 0 aliphatic carbocycles. The fourth-order valence-electron chi connectivity index (χ4n) is 3.49. The summed E-state index contributed by atoms with van der Waals surface area (Å²) in [5, 5.41) is 5.74. The summed E-state index contributed by atoms with van der Waals surface area (Å²) in [6.45, 7) is 2.24. The van der Waals surface area contributed by atoms with Crippen molar-refractivity contribution in [1.82, 2.24) is 15.3 Å². The van der Waals surface area contributed by atoms with Crippen LogP contribution in [-0.2, 0) is 6.54 Å². The molecule has 7 heteroatoms. The van der Waals surface area contributed by atoms with Crippen LogP contribution in [-0.4, -0.2) is 21.8 Å². The number of rotatable bonds is 6. The Balaban J connectivity index is 1.40. The van der Waals surface area contributed by atoms with Crippen molar-refractivity contribution in [3.05, 3.63) is 108 Å². The molecule has 3 aromatic carbocycles. The van der Waals surface area contributed by atoms with Gasteiger partial charge in [-0.1, -0.05) is 36.4 Å². The molecule has 7 nitrogen and oxygen atoms in total. The van der Waals surface area contributed by atoms with Crippen LogP contribution < -0.4 is 16.4 Å². The van der Waals surface area contributed by atoms with Crippen molar-refractivity contribution in [2.24, 2.45) is 0 Å². The number of nitrogens with zero attached hydrogens (tertiary/aromatic N) is 2. The third kappa shape index (κ3) is 5.04. The van der Waals surface area contributed by atoms with E-state index in [4.69, 9.17) is 5.73 Å². The zero-order valence-corrected chi connectivity index (χ0v) is 18.1. The number of anilines is 2. The highest BCUT2D eigenvalue weighted by atomic mass is 16.2. The summed E-state index contributed by atoms with van der Waals surface area (Å²) in [5.74, 6) is -0.423. The number of benzene rings is 3. The maximum Gasteiger partial charge on any atom is 0.255 e. The van der Waals surface area contributed by atoms with E-state index in [9.17, 15) is 9.59 Å². The first-order valence-electron chi connectivity index (χ1n) is 10.4. The largest absolute Gasteiger partial charge is 0.397 e. The number of nitrogen functional groups attached to an aromatic ring is 1. The first-order valence-corrected chi connectivity index (χ1v) is 10.4. The van der Waals surface area contributed by atoms with Crippen molar-refractivity contribution < 1.29 is 9.59 Å². The highest BCUT2D eigenvalue weighted by Gasteiger charge is 2.13. The summed E-state index contributed by atoms with van der Waals surface area (Å²) in [4.78, 5) is 33.4. The second-order valence-electron chi connectivity index (χ2n) is 7.53. The number of nitrogens with one attached hydrogen (secondary N) is 2. The molecule has 0 bridgehead atoms. The molecular weight excluding hydrogens is 414 g/mol. The van der Waals surface area contributed by atoms with Crippen LogP contribution in [0.15, 0.2) is 85.5 Å². The van der Waals surface area contributed by atoms with Crippen LogP contribution >= 0.6 is 0 Å². The van der Waals surface area contributed by atoms with Gasteiger partial charge in [0.2, 0.25) is 0 Å². The van der Waals surface area contributed by atoms with Crippen LogP contribution in [0.25, 0.3) is 11.1 Å². The second kappa shape index (κ2) is 9.74. The molecule has 0 atom stereocenters. The number of para-hydroxylation sites is 2. The van der Waals surface area contributed by atoms with Gasteiger partial charge in [-0.05, 0) is 53.9 Å². The van der Waals surface area contributed by atoms with Crippen LogP contribution in [0, 0.1) is 6.92 Å². The summed E-state index contributed by atoms with van der Waals surface area (Å²) in [6.07, 6.45) is 4.92. The fourth-order valence-corrected chi connectivity index (χ4v) is 3.49. The summed E-state index contributed by atoms with van der Waals surface area (Å²) in [7, 11) is 0. The second-order valence-corrected chi connectivity index (χ2v) is 7.53. The lowest BCUT2D eigenvalue weighted by atomic mass is 9.98. The molecule has 1 aromatic heterocycles. The zero-order chi connectivity index (χ0) is 23.2. The summed E-state index contributed by atoms with van der Waals surface area (Å²) in [5.41, 5.74) is 11.6. The van der Waals surface area contributed by atoms with Gasteiger partial charge in [-0.25, -0.2) is 9.97 Å². The van der Waals surface area contributed by atoms with E-state index in [2.05, 4.69) is 20.6 Å². The summed E-state index contributed by atoms with van der Waals surface area (Å²) >= 11 is 0. The monoisotopic (exact) mass is 437 g/mol. The lowest BCUT2D eigenvalue weighted by molar-refractivity contribution is 0.0949. The first kappa shape index (κ1) is 21.7. The number of hydrogen-bond acceptors (Lipinski definition) is 5. The standard InChI is InChI=1S/C26H23N5O2/c1-17-21(20-14-28-16-29-15-20)5-4-6-22(17)26(33)30-13-18-9-11-19(12-10-18)25(32)31-24-8-3-2-7-23(24)27/h2-12,14-16H,13,27H2,1H3,(H,30,33)(H,31,32).